The van der Waals surface area contributed by atoms with Crippen molar-refractivity contribution >= 4 is 40.0 Å². The van der Waals surface area contributed by atoms with E-state index in [-0.39, 0.29) is 12.3 Å². The van der Waals surface area contributed by atoms with Gasteiger partial charge in [-0.25, -0.2) is 9.97 Å². The number of nitrogens with zero attached hydrogens (tertiary/aromatic N) is 4. The third-order valence-corrected chi connectivity index (χ3v) is 6.64. The molecule has 4 aromatic rings. The van der Waals surface area contributed by atoms with Crippen LogP contribution in [-0.4, -0.2) is 47.2 Å². The van der Waals surface area contributed by atoms with E-state index in [1.54, 1.807) is 24.3 Å². The molecule has 0 saturated carbocycles. The highest BCUT2D eigenvalue weighted by Gasteiger charge is 2.30. The molecular formula is C29H28N4O4. The van der Waals surface area contributed by atoms with Gasteiger partial charge in [0.2, 0.25) is 0 Å². The first-order chi connectivity index (χ1) is 18.0. The SMILES string of the molecule is CCN1c2ncc(CCOc3ccc(CCC(=O)O)c4ccccc34)cc2C(=O)N(C)c2cccnc21. The lowest BCUT2D eigenvalue weighted by Gasteiger charge is -2.22. The monoisotopic (exact) mass is 496 g/mol. The fourth-order valence-corrected chi connectivity index (χ4v) is 4.76. The largest absolute Gasteiger partial charge is 0.493 e. The molecule has 2 aromatic heterocycles. The van der Waals surface area contributed by atoms with Crippen LogP contribution in [0.25, 0.3) is 10.8 Å². The highest BCUT2D eigenvalue weighted by atomic mass is 16.5. The van der Waals surface area contributed by atoms with Gasteiger partial charge in [0.15, 0.2) is 5.82 Å². The van der Waals surface area contributed by atoms with Gasteiger partial charge in [0, 0.05) is 44.2 Å². The second-order valence-electron chi connectivity index (χ2n) is 8.93. The van der Waals surface area contributed by atoms with Crippen LogP contribution in [0.5, 0.6) is 5.75 Å². The Morgan fingerprint density at radius 1 is 1.00 bits per heavy atom. The molecule has 188 valence electrons. The van der Waals surface area contributed by atoms with Gasteiger partial charge in [-0.15, -0.1) is 0 Å². The van der Waals surface area contributed by atoms with E-state index in [9.17, 15) is 9.59 Å². The summed E-state index contributed by atoms with van der Waals surface area (Å²) in [7, 11) is 1.76. The number of hydrogen-bond acceptors (Lipinski definition) is 6. The van der Waals surface area contributed by atoms with Gasteiger partial charge in [0.05, 0.1) is 17.9 Å². The summed E-state index contributed by atoms with van der Waals surface area (Å²) in [6, 6.07) is 17.3. The Kier molecular flexibility index (Phi) is 6.72. The number of carboxylic acid groups (broad SMARTS) is 1. The summed E-state index contributed by atoms with van der Waals surface area (Å²) >= 11 is 0. The lowest BCUT2D eigenvalue weighted by Crippen LogP contribution is -2.25. The van der Waals surface area contributed by atoms with E-state index >= 15 is 0 Å². The van der Waals surface area contributed by atoms with Gasteiger partial charge in [0.1, 0.15) is 11.6 Å². The van der Waals surface area contributed by atoms with E-state index in [1.165, 1.54) is 0 Å². The molecule has 0 bridgehead atoms. The van der Waals surface area contributed by atoms with Crippen LogP contribution in [0, 0.1) is 0 Å². The molecule has 8 heteroatoms. The van der Waals surface area contributed by atoms with Crippen LogP contribution >= 0.6 is 0 Å². The zero-order valence-electron chi connectivity index (χ0n) is 20.8. The van der Waals surface area contributed by atoms with Gasteiger partial charge in [-0.05, 0) is 54.1 Å². The van der Waals surface area contributed by atoms with Crippen molar-refractivity contribution < 1.29 is 19.4 Å². The number of amides is 1. The maximum atomic E-state index is 13.3. The molecule has 1 N–H and O–H groups in total. The van der Waals surface area contributed by atoms with Crippen LogP contribution in [0.1, 0.15) is 34.8 Å². The Morgan fingerprint density at radius 2 is 1.81 bits per heavy atom. The normalized spacial score (nSPS) is 12.8. The number of hydrogen-bond donors (Lipinski definition) is 1. The number of carboxylic acids is 1. The zero-order chi connectivity index (χ0) is 25.9. The van der Waals surface area contributed by atoms with Crippen molar-refractivity contribution in [1.82, 2.24) is 9.97 Å². The number of rotatable bonds is 8. The van der Waals surface area contributed by atoms with E-state index in [4.69, 9.17) is 9.84 Å². The average Bonchev–Trinajstić information content (AvgIpc) is 3.00. The van der Waals surface area contributed by atoms with Gasteiger partial charge in [-0.2, -0.15) is 0 Å². The molecule has 1 aliphatic heterocycles. The molecule has 0 spiro atoms. The Labute approximate surface area is 215 Å². The first kappa shape index (κ1) is 24.2. The van der Waals surface area contributed by atoms with E-state index in [0.29, 0.717) is 43.2 Å². The third kappa shape index (κ3) is 4.70. The van der Waals surface area contributed by atoms with Gasteiger partial charge in [-0.1, -0.05) is 30.3 Å². The number of aryl methyl sites for hydroxylation is 1. The molecule has 5 rings (SSSR count). The quantitative estimate of drug-likeness (QED) is 0.366. The third-order valence-electron chi connectivity index (χ3n) is 6.64. The molecule has 0 saturated heterocycles. The zero-order valence-corrected chi connectivity index (χ0v) is 20.8. The molecule has 0 aliphatic carbocycles. The summed E-state index contributed by atoms with van der Waals surface area (Å²) in [5.74, 6) is 1.11. The van der Waals surface area contributed by atoms with Gasteiger partial charge in [0.25, 0.3) is 5.91 Å². The van der Waals surface area contributed by atoms with Crippen LogP contribution in [-0.2, 0) is 17.6 Å². The molecule has 8 nitrogen and oxygen atoms in total. The minimum Gasteiger partial charge on any atom is -0.493 e. The van der Waals surface area contributed by atoms with Crippen LogP contribution in [0.3, 0.4) is 0 Å². The van der Waals surface area contributed by atoms with Crippen molar-refractivity contribution in [2.45, 2.75) is 26.2 Å². The Morgan fingerprint density at radius 3 is 2.59 bits per heavy atom. The number of ether oxygens (including phenoxy) is 1. The molecule has 0 radical (unpaired) electrons. The number of aliphatic carboxylic acids is 1. The molecule has 0 atom stereocenters. The minimum absolute atomic E-state index is 0.0834. The van der Waals surface area contributed by atoms with Crippen molar-refractivity contribution in [2.24, 2.45) is 0 Å². The fraction of sp³-hybridized carbons (Fsp3) is 0.241. The predicted octanol–water partition coefficient (Wildman–Crippen LogP) is 5.02. The molecule has 0 unspecified atom stereocenters. The van der Waals surface area contributed by atoms with E-state index in [0.717, 1.165) is 33.3 Å². The standard InChI is InChI=1S/C29H28N4O4/c1-3-33-27-23(29(36)32(2)24-9-6-15-30-28(24)33)17-19(18-31-27)14-16-37-25-12-10-20(11-13-26(34)35)21-7-4-5-8-22(21)25/h4-10,12,15,17-18H,3,11,13-14,16H2,1-2H3,(H,34,35). The average molecular weight is 497 g/mol. The molecule has 1 aliphatic rings. The van der Waals surface area contributed by atoms with Crippen molar-refractivity contribution in [2.75, 3.05) is 30.0 Å². The molecule has 2 aromatic carbocycles. The lowest BCUT2D eigenvalue weighted by molar-refractivity contribution is -0.136. The summed E-state index contributed by atoms with van der Waals surface area (Å²) in [6.07, 6.45) is 4.63. The summed E-state index contributed by atoms with van der Waals surface area (Å²) in [4.78, 5) is 37.1. The summed E-state index contributed by atoms with van der Waals surface area (Å²) in [6.45, 7) is 3.05. The Balaban J connectivity index is 1.36. The number of aromatic nitrogens is 2. The van der Waals surface area contributed by atoms with Gasteiger partial charge < -0.3 is 19.6 Å². The molecule has 37 heavy (non-hydrogen) atoms. The maximum Gasteiger partial charge on any atom is 0.303 e. The van der Waals surface area contributed by atoms with Crippen molar-refractivity contribution in [3.63, 3.8) is 0 Å². The fourth-order valence-electron chi connectivity index (χ4n) is 4.76. The van der Waals surface area contributed by atoms with E-state index < -0.39 is 5.97 Å². The molecular weight excluding hydrogens is 468 g/mol. The first-order valence-electron chi connectivity index (χ1n) is 12.3. The number of pyridine rings is 2. The number of carbonyl (C=O) groups is 2. The second-order valence-corrected chi connectivity index (χ2v) is 8.93. The number of carbonyl (C=O) groups excluding carboxylic acids is 1. The van der Waals surface area contributed by atoms with Crippen LogP contribution in [0.2, 0.25) is 0 Å². The highest BCUT2D eigenvalue weighted by molar-refractivity contribution is 6.12. The number of anilines is 3. The molecule has 0 fully saturated rings. The summed E-state index contributed by atoms with van der Waals surface area (Å²) < 4.78 is 6.15. The minimum atomic E-state index is -0.814. The van der Waals surface area contributed by atoms with Crippen LogP contribution in [0.15, 0.2) is 67.0 Å². The van der Waals surface area contributed by atoms with E-state index in [1.807, 2.05) is 66.4 Å². The summed E-state index contributed by atoms with van der Waals surface area (Å²) in [5.41, 5.74) is 3.17. The van der Waals surface area contributed by atoms with Gasteiger partial charge in [-0.3, -0.25) is 9.59 Å². The van der Waals surface area contributed by atoms with E-state index in [2.05, 4.69) is 9.97 Å². The van der Waals surface area contributed by atoms with Crippen LogP contribution < -0.4 is 14.5 Å². The van der Waals surface area contributed by atoms with Crippen molar-refractivity contribution in [3.05, 3.63) is 83.7 Å². The number of benzene rings is 2. The highest BCUT2D eigenvalue weighted by Crippen LogP contribution is 2.37. The summed E-state index contributed by atoms with van der Waals surface area (Å²) in [5, 5.41) is 11.0. The lowest BCUT2D eigenvalue weighted by atomic mass is 10.00. The second kappa shape index (κ2) is 10.3. The first-order valence-corrected chi connectivity index (χ1v) is 12.3. The Hall–Kier alpha value is -4.46. The molecule has 3 heterocycles. The van der Waals surface area contributed by atoms with Gasteiger partial charge >= 0.3 is 5.97 Å². The maximum absolute atomic E-state index is 13.3. The molecule has 1 amide bonds. The smallest absolute Gasteiger partial charge is 0.303 e. The van der Waals surface area contributed by atoms with Crippen LogP contribution in [0.4, 0.5) is 17.3 Å². The number of fused-ring (bicyclic) bond motifs is 3. The van der Waals surface area contributed by atoms with Crippen molar-refractivity contribution in [3.8, 4) is 5.75 Å². The Bertz CT molecular complexity index is 1490. The predicted molar refractivity (Wildman–Crippen MR) is 143 cm³/mol. The topological polar surface area (TPSA) is 95.9 Å². The van der Waals surface area contributed by atoms with Crippen molar-refractivity contribution in [1.29, 1.82) is 0 Å².